The summed E-state index contributed by atoms with van der Waals surface area (Å²) in [7, 11) is -3.60. The maximum absolute atomic E-state index is 12.7. The minimum Gasteiger partial charge on any atom is -0.460 e. The van der Waals surface area contributed by atoms with E-state index >= 15 is 0 Å². The third-order valence-corrected chi connectivity index (χ3v) is 5.87. The summed E-state index contributed by atoms with van der Waals surface area (Å²) >= 11 is 0. The van der Waals surface area contributed by atoms with Gasteiger partial charge in [-0.05, 0) is 32.0 Å². The predicted molar refractivity (Wildman–Crippen MR) is 86.5 cm³/mol. The fraction of sp³-hybridized carbons (Fsp3) is 0.438. The third kappa shape index (κ3) is 2.92. The summed E-state index contributed by atoms with van der Waals surface area (Å²) in [6.07, 6.45) is 0. The fourth-order valence-electron chi connectivity index (χ4n) is 2.69. The first kappa shape index (κ1) is 16.9. The van der Waals surface area contributed by atoms with Crippen LogP contribution >= 0.6 is 0 Å². The number of esters is 1. The molecule has 0 saturated carbocycles. The Morgan fingerprint density at radius 3 is 2.67 bits per heavy atom. The Balaban J connectivity index is 2.02. The van der Waals surface area contributed by atoms with Crippen LogP contribution in [0.1, 0.15) is 23.0 Å². The Bertz CT molecular complexity index is 864. The van der Waals surface area contributed by atoms with Crippen LogP contribution in [0, 0.1) is 6.92 Å². The van der Waals surface area contributed by atoms with Gasteiger partial charge in [0.2, 0.25) is 15.8 Å². The highest BCUT2D eigenvalue weighted by molar-refractivity contribution is 7.89. The zero-order chi connectivity index (χ0) is 17.3. The second kappa shape index (κ2) is 6.54. The van der Waals surface area contributed by atoms with Gasteiger partial charge in [0.05, 0.1) is 24.7 Å². The average Bonchev–Trinajstić information content (AvgIpc) is 2.92. The Labute approximate surface area is 140 Å². The second-order valence-electron chi connectivity index (χ2n) is 5.45. The molecule has 2 aromatic rings. The van der Waals surface area contributed by atoms with E-state index in [-0.39, 0.29) is 17.3 Å². The molecule has 3 rings (SSSR count). The maximum atomic E-state index is 12.7. The molecule has 0 radical (unpaired) electrons. The van der Waals surface area contributed by atoms with Crippen LogP contribution in [-0.4, -0.2) is 51.6 Å². The van der Waals surface area contributed by atoms with E-state index < -0.39 is 16.0 Å². The largest absolute Gasteiger partial charge is 0.460 e. The molecule has 1 aliphatic heterocycles. The molecule has 7 nitrogen and oxygen atoms in total. The molecule has 0 aliphatic carbocycles. The number of rotatable bonds is 4. The van der Waals surface area contributed by atoms with Crippen LogP contribution in [-0.2, 0) is 19.5 Å². The number of benzene rings is 1. The van der Waals surface area contributed by atoms with Gasteiger partial charge >= 0.3 is 5.97 Å². The molecule has 8 heteroatoms. The molecule has 0 spiro atoms. The lowest BCUT2D eigenvalue weighted by molar-refractivity contribution is 0.0491. The first-order valence-electron chi connectivity index (χ1n) is 7.73. The smallest absolute Gasteiger partial charge is 0.374 e. The van der Waals surface area contributed by atoms with E-state index in [0.29, 0.717) is 42.8 Å². The minimum absolute atomic E-state index is 0.104. The molecular weight excluding hydrogens is 334 g/mol. The van der Waals surface area contributed by atoms with Gasteiger partial charge in [0.15, 0.2) is 0 Å². The van der Waals surface area contributed by atoms with Crippen molar-refractivity contribution in [3.05, 3.63) is 29.5 Å². The van der Waals surface area contributed by atoms with E-state index in [1.807, 2.05) is 0 Å². The van der Waals surface area contributed by atoms with Crippen LogP contribution in [0.3, 0.4) is 0 Å². The molecule has 1 saturated heterocycles. The summed E-state index contributed by atoms with van der Waals surface area (Å²) in [6, 6.07) is 4.60. The highest BCUT2D eigenvalue weighted by atomic mass is 32.2. The van der Waals surface area contributed by atoms with E-state index in [1.165, 1.54) is 10.4 Å². The summed E-state index contributed by atoms with van der Waals surface area (Å²) in [6.45, 7) is 5.11. The molecular formula is C16H19NO6S. The number of carbonyl (C=O) groups excluding carboxylic acids is 1. The van der Waals surface area contributed by atoms with E-state index in [2.05, 4.69) is 0 Å². The molecule has 1 aliphatic rings. The zero-order valence-corrected chi connectivity index (χ0v) is 14.4. The first-order chi connectivity index (χ1) is 11.4. The third-order valence-electron chi connectivity index (χ3n) is 3.98. The van der Waals surface area contributed by atoms with Crippen molar-refractivity contribution in [2.75, 3.05) is 32.9 Å². The summed E-state index contributed by atoms with van der Waals surface area (Å²) in [5.41, 5.74) is 1.03. The van der Waals surface area contributed by atoms with Gasteiger partial charge in [-0.25, -0.2) is 13.2 Å². The van der Waals surface area contributed by atoms with Crippen molar-refractivity contribution in [3.8, 4) is 0 Å². The van der Waals surface area contributed by atoms with Crippen LogP contribution in [0.2, 0.25) is 0 Å². The van der Waals surface area contributed by atoms with Gasteiger partial charge in [-0.2, -0.15) is 4.31 Å². The van der Waals surface area contributed by atoms with Crippen molar-refractivity contribution in [1.29, 1.82) is 0 Å². The molecule has 0 atom stereocenters. The van der Waals surface area contributed by atoms with Crippen LogP contribution in [0.4, 0.5) is 0 Å². The van der Waals surface area contributed by atoms with Crippen LogP contribution in [0.25, 0.3) is 11.0 Å². The van der Waals surface area contributed by atoms with E-state index in [9.17, 15) is 13.2 Å². The molecule has 0 unspecified atom stereocenters. The molecule has 1 fully saturated rings. The maximum Gasteiger partial charge on any atom is 0.374 e. The van der Waals surface area contributed by atoms with Gasteiger partial charge in [0.1, 0.15) is 5.58 Å². The monoisotopic (exact) mass is 353 g/mol. The summed E-state index contributed by atoms with van der Waals surface area (Å²) in [5, 5.41) is 0.590. The van der Waals surface area contributed by atoms with E-state index in [0.717, 1.165) is 0 Å². The second-order valence-corrected chi connectivity index (χ2v) is 7.39. The molecule has 24 heavy (non-hydrogen) atoms. The molecule has 1 aromatic heterocycles. The molecule has 1 aromatic carbocycles. The quantitative estimate of drug-likeness (QED) is 0.781. The van der Waals surface area contributed by atoms with E-state index in [1.54, 1.807) is 26.0 Å². The highest BCUT2D eigenvalue weighted by Gasteiger charge is 2.27. The van der Waals surface area contributed by atoms with Crippen molar-refractivity contribution in [2.45, 2.75) is 18.7 Å². The average molecular weight is 353 g/mol. The van der Waals surface area contributed by atoms with Gasteiger partial charge in [-0.1, -0.05) is 0 Å². The lowest BCUT2D eigenvalue weighted by atomic mass is 10.1. The summed E-state index contributed by atoms with van der Waals surface area (Å²) in [4.78, 5) is 12.1. The van der Waals surface area contributed by atoms with Gasteiger partial charge in [-0.15, -0.1) is 0 Å². The van der Waals surface area contributed by atoms with Crippen LogP contribution in [0.5, 0.6) is 0 Å². The zero-order valence-electron chi connectivity index (χ0n) is 13.6. The van der Waals surface area contributed by atoms with Crippen LogP contribution in [0.15, 0.2) is 27.5 Å². The van der Waals surface area contributed by atoms with Crippen molar-refractivity contribution in [2.24, 2.45) is 0 Å². The fourth-order valence-corrected chi connectivity index (χ4v) is 4.12. The number of fused-ring (bicyclic) bond motifs is 1. The summed E-state index contributed by atoms with van der Waals surface area (Å²) < 4.78 is 42.6. The van der Waals surface area contributed by atoms with E-state index in [4.69, 9.17) is 13.9 Å². The number of nitrogens with zero attached hydrogens (tertiary/aromatic N) is 1. The van der Waals surface area contributed by atoms with Crippen molar-refractivity contribution < 1.29 is 27.1 Å². The molecule has 0 bridgehead atoms. The summed E-state index contributed by atoms with van der Waals surface area (Å²) in [5.74, 6) is -0.448. The number of ether oxygens (including phenoxy) is 2. The van der Waals surface area contributed by atoms with Gasteiger partial charge < -0.3 is 13.9 Å². The SMILES string of the molecule is CCOC(=O)c1oc2ccc(S(=O)(=O)N3CCOCC3)cc2c1C. The number of morpholine rings is 1. The molecule has 2 heterocycles. The Hall–Kier alpha value is -1.90. The molecule has 0 N–H and O–H groups in total. The van der Waals surface area contributed by atoms with Crippen molar-refractivity contribution in [1.82, 2.24) is 4.31 Å². The highest BCUT2D eigenvalue weighted by Crippen LogP contribution is 2.29. The Kier molecular flexibility index (Phi) is 4.62. The lowest BCUT2D eigenvalue weighted by Crippen LogP contribution is -2.40. The molecule has 0 amide bonds. The number of aryl methyl sites for hydroxylation is 1. The lowest BCUT2D eigenvalue weighted by Gasteiger charge is -2.26. The normalized spacial score (nSPS) is 16.4. The van der Waals surface area contributed by atoms with Gasteiger partial charge in [0.25, 0.3) is 0 Å². The number of hydrogen-bond acceptors (Lipinski definition) is 6. The standard InChI is InChI=1S/C16H19NO6S/c1-3-22-16(18)15-11(2)13-10-12(4-5-14(13)23-15)24(19,20)17-6-8-21-9-7-17/h4-5,10H,3,6-9H2,1-2H3. The van der Waals surface area contributed by atoms with Gasteiger partial charge in [-0.3, -0.25) is 0 Å². The first-order valence-corrected chi connectivity index (χ1v) is 9.17. The topological polar surface area (TPSA) is 86.0 Å². The number of hydrogen-bond donors (Lipinski definition) is 0. The Morgan fingerprint density at radius 1 is 1.29 bits per heavy atom. The molecule has 130 valence electrons. The van der Waals surface area contributed by atoms with Crippen LogP contribution < -0.4 is 0 Å². The van der Waals surface area contributed by atoms with Gasteiger partial charge in [0, 0.05) is 24.0 Å². The number of sulfonamides is 1. The minimum atomic E-state index is -3.60. The number of furan rings is 1. The Morgan fingerprint density at radius 2 is 2.00 bits per heavy atom. The number of carbonyl (C=O) groups is 1. The van der Waals surface area contributed by atoms with Crippen molar-refractivity contribution >= 4 is 27.0 Å². The predicted octanol–water partition coefficient (Wildman–Crippen LogP) is 1.94. The van der Waals surface area contributed by atoms with Crippen molar-refractivity contribution in [3.63, 3.8) is 0 Å².